The Morgan fingerprint density at radius 3 is 3.00 bits per heavy atom. The maximum atomic E-state index is 8.91. The Balaban J connectivity index is 2.96. The lowest BCUT2D eigenvalue weighted by atomic mass is 10.3. The number of nitrogens with one attached hydrogen (secondary N) is 1. The fourth-order valence-electron chi connectivity index (χ4n) is 0.348. The summed E-state index contributed by atoms with van der Waals surface area (Å²) in [5, 5.41) is 8.91. The molecule has 2 N–H and O–H groups in total. The third-order valence-corrected chi connectivity index (χ3v) is 0.957. The molecule has 3 heteroatoms. The van der Waals surface area contributed by atoms with Crippen molar-refractivity contribution in [3.05, 3.63) is 12.8 Å². The van der Waals surface area contributed by atoms with Gasteiger partial charge in [-0.1, -0.05) is 13.5 Å². The van der Waals surface area contributed by atoms with Crippen molar-refractivity contribution in [3.63, 3.8) is 0 Å². The Morgan fingerprint density at radius 1 is 1.89 bits per heavy atom. The first-order chi connectivity index (χ1) is 4.31. The standard InChI is InChI=1S/C6H13NO2/c1-3-6(8)5-7-9-4-2/h4,6-8H,2-3,5H2,1H3. The molecule has 0 fully saturated rings. The summed E-state index contributed by atoms with van der Waals surface area (Å²) < 4.78 is 0. The summed E-state index contributed by atoms with van der Waals surface area (Å²) in [7, 11) is 0. The Hall–Kier alpha value is -0.540. The Kier molecular flexibility index (Phi) is 5.26. The van der Waals surface area contributed by atoms with Gasteiger partial charge in [-0.25, -0.2) is 0 Å². The van der Waals surface area contributed by atoms with Crippen LogP contribution in [0.5, 0.6) is 0 Å². The molecule has 0 saturated carbocycles. The summed E-state index contributed by atoms with van der Waals surface area (Å²) in [6, 6.07) is 0. The van der Waals surface area contributed by atoms with E-state index in [-0.39, 0.29) is 6.10 Å². The van der Waals surface area contributed by atoms with Crippen molar-refractivity contribution in [2.45, 2.75) is 19.4 Å². The molecule has 0 aliphatic carbocycles. The van der Waals surface area contributed by atoms with Crippen LogP contribution in [0.25, 0.3) is 0 Å². The van der Waals surface area contributed by atoms with Gasteiger partial charge in [-0.3, -0.25) is 0 Å². The van der Waals surface area contributed by atoms with Crippen molar-refractivity contribution in [3.8, 4) is 0 Å². The molecule has 0 aromatic carbocycles. The topological polar surface area (TPSA) is 41.5 Å². The van der Waals surface area contributed by atoms with Gasteiger partial charge in [0.15, 0.2) is 0 Å². The fourth-order valence-corrected chi connectivity index (χ4v) is 0.348. The second kappa shape index (κ2) is 5.59. The highest BCUT2D eigenvalue weighted by molar-refractivity contribution is 4.52. The van der Waals surface area contributed by atoms with Crippen LogP contribution in [0.15, 0.2) is 12.8 Å². The van der Waals surface area contributed by atoms with E-state index in [4.69, 9.17) is 5.11 Å². The smallest absolute Gasteiger partial charge is 0.104 e. The third kappa shape index (κ3) is 5.33. The van der Waals surface area contributed by atoms with Gasteiger partial charge in [0.1, 0.15) is 6.26 Å². The molecule has 0 saturated heterocycles. The van der Waals surface area contributed by atoms with Crippen LogP contribution in [0.4, 0.5) is 0 Å². The van der Waals surface area contributed by atoms with Crippen molar-refractivity contribution in [1.29, 1.82) is 0 Å². The van der Waals surface area contributed by atoms with Crippen molar-refractivity contribution in [2.75, 3.05) is 6.54 Å². The summed E-state index contributed by atoms with van der Waals surface area (Å²) in [6.07, 6.45) is 1.68. The van der Waals surface area contributed by atoms with E-state index in [0.717, 1.165) is 6.42 Å². The number of rotatable bonds is 5. The Morgan fingerprint density at radius 2 is 2.56 bits per heavy atom. The van der Waals surface area contributed by atoms with Gasteiger partial charge in [-0.2, -0.15) is 5.48 Å². The van der Waals surface area contributed by atoms with Gasteiger partial charge in [0.25, 0.3) is 0 Å². The molecule has 9 heavy (non-hydrogen) atoms. The van der Waals surface area contributed by atoms with Crippen LogP contribution >= 0.6 is 0 Å². The number of aliphatic hydroxyl groups is 1. The molecule has 0 bridgehead atoms. The molecular formula is C6H13NO2. The number of hydroxylamine groups is 1. The monoisotopic (exact) mass is 131 g/mol. The molecule has 0 amide bonds. The molecule has 0 rings (SSSR count). The van der Waals surface area contributed by atoms with Crippen LogP contribution < -0.4 is 5.48 Å². The zero-order valence-electron chi connectivity index (χ0n) is 5.63. The third-order valence-electron chi connectivity index (χ3n) is 0.957. The van der Waals surface area contributed by atoms with Gasteiger partial charge in [0, 0.05) is 0 Å². The lowest BCUT2D eigenvalue weighted by Gasteiger charge is -2.06. The minimum Gasteiger partial charge on any atom is -0.417 e. The lowest BCUT2D eigenvalue weighted by molar-refractivity contribution is 0.0758. The molecule has 3 nitrogen and oxygen atoms in total. The zero-order valence-corrected chi connectivity index (χ0v) is 5.63. The summed E-state index contributed by atoms with van der Waals surface area (Å²) in [5.41, 5.74) is 2.52. The molecule has 54 valence electrons. The predicted octanol–water partition coefficient (Wildman–Crippen LogP) is 0.422. The van der Waals surface area contributed by atoms with E-state index in [1.807, 2.05) is 6.92 Å². The molecule has 0 heterocycles. The average molecular weight is 131 g/mol. The van der Waals surface area contributed by atoms with E-state index in [1.165, 1.54) is 6.26 Å². The van der Waals surface area contributed by atoms with Gasteiger partial charge >= 0.3 is 0 Å². The largest absolute Gasteiger partial charge is 0.417 e. The van der Waals surface area contributed by atoms with E-state index >= 15 is 0 Å². The fraction of sp³-hybridized carbons (Fsp3) is 0.667. The van der Waals surface area contributed by atoms with E-state index in [0.29, 0.717) is 6.54 Å². The van der Waals surface area contributed by atoms with E-state index in [1.54, 1.807) is 0 Å². The molecule has 0 aliphatic rings. The van der Waals surface area contributed by atoms with Gasteiger partial charge in [-0.15, -0.1) is 0 Å². The summed E-state index contributed by atoms with van der Waals surface area (Å²) in [6.45, 7) is 5.67. The van der Waals surface area contributed by atoms with Gasteiger partial charge in [-0.05, 0) is 6.42 Å². The van der Waals surface area contributed by atoms with Crippen LogP contribution in [0.3, 0.4) is 0 Å². The molecule has 0 aromatic heterocycles. The minimum absolute atomic E-state index is 0.329. The van der Waals surface area contributed by atoms with Crippen molar-refractivity contribution >= 4 is 0 Å². The van der Waals surface area contributed by atoms with Crippen LogP contribution in [-0.2, 0) is 4.84 Å². The first-order valence-corrected chi connectivity index (χ1v) is 2.98. The SMILES string of the molecule is C=CONCC(O)CC. The molecule has 0 radical (unpaired) electrons. The van der Waals surface area contributed by atoms with Crippen molar-refractivity contribution in [2.24, 2.45) is 0 Å². The van der Waals surface area contributed by atoms with Crippen molar-refractivity contribution < 1.29 is 9.94 Å². The predicted molar refractivity (Wildman–Crippen MR) is 35.6 cm³/mol. The highest BCUT2D eigenvalue weighted by atomic mass is 16.6. The second-order valence-corrected chi connectivity index (χ2v) is 1.70. The van der Waals surface area contributed by atoms with Crippen molar-refractivity contribution in [1.82, 2.24) is 5.48 Å². The molecule has 0 aromatic rings. The maximum Gasteiger partial charge on any atom is 0.104 e. The number of hydrogen-bond acceptors (Lipinski definition) is 3. The van der Waals surface area contributed by atoms with E-state index < -0.39 is 0 Å². The van der Waals surface area contributed by atoms with Gasteiger partial charge in [0.2, 0.25) is 0 Å². The Labute approximate surface area is 55.3 Å². The van der Waals surface area contributed by atoms with E-state index in [2.05, 4.69) is 16.9 Å². The maximum absolute atomic E-state index is 8.91. The summed E-state index contributed by atoms with van der Waals surface area (Å²) in [5.74, 6) is 0. The average Bonchev–Trinajstić information content (AvgIpc) is 1.89. The molecule has 1 atom stereocenters. The molecule has 0 aliphatic heterocycles. The zero-order chi connectivity index (χ0) is 7.11. The number of hydrogen-bond donors (Lipinski definition) is 2. The molecular weight excluding hydrogens is 118 g/mol. The van der Waals surface area contributed by atoms with Crippen LogP contribution in [0.2, 0.25) is 0 Å². The Bertz CT molecular complexity index is 75.5. The highest BCUT2D eigenvalue weighted by Gasteiger charge is 1.96. The first kappa shape index (κ1) is 8.46. The lowest BCUT2D eigenvalue weighted by Crippen LogP contribution is -2.24. The van der Waals surface area contributed by atoms with Crippen LogP contribution in [0.1, 0.15) is 13.3 Å². The molecule has 1 unspecified atom stereocenters. The summed E-state index contributed by atoms with van der Waals surface area (Å²) >= 11 is 0. The van der Waals surface area contributed by atoms with Crippen LogP contribution in [-0.4, -0.2) is 17.8 Å². The molecule has 0 spiro atoms. The van der Waals surface area contributed by atoms with Gasteiger partial charge in [0.05, 0.1) is 12.6 Å². The first-order valence-electron chi connectivity index (χ1n) is 2.98. The second-order valence-electron chi connectivity index (χ2n) is 1.70. The quantitative estimate of drug-likeness (QED) is 0.323. The van der Waals surface area contributed by atoms with E-state index in [9.17, 15) is 0 Å². The number of aliphatic hydroxyl groups excluding tert-OH is 1. The summed E-state index contributed by atoms with van der Waals surface area (Å²) in [4.78, 5) is 4.56. The highest BCUT2D eigenvalue weighted by Crippen LogP contribution is 1.85. The van der Waals surface area contributed by atoms with Crippen LogP contribution in [0, 0.1) is 0 Å². The minimum atomic E-state index is -0.329. The normalized spacial score (nSPS) is 12.7. The van der Waals surface area contributed by atoms with Gasteiger partial charge < -0.3 is 9.94 Å².